The molecule has 1 rings (SSSR count). The maximum Gasteiger partial charge on any atom is 0.207 e. The van der Waals surface area contributed by atoms with E-state index in [1.54, 1.807) is 0 Å². The van der Waals surface area contributed by atoms with Crippen LogP contribution in [0.5, 0.6) is 0 Å². The van der Waals surface area contributed by atoms with Crippen LogP contribution in [0, 0.1) is 0 Å². The fourth-order valence-electron chi connectivity index (χ4n) is 1.08. The molecule has 0 aromatic heterocycles. The molecule has 1 aliphatic rings. The first-order valence-electron chi connectivity index (χ1n) is 3.60. The molecule has 1 aliphatic heterocycles. The minimum Gasteiger partial charge on any atom is -0.391 e. The first kappa shape index (κ1) is 9.85. The summed E-state index contributed by atoms with van der Waals surface area (Å²) in [6, 6.07) is -1.20. The van der Waals surface area contributed by atoms with Crippen molar-refractivity contribution in [3.63, 3.8) is 0 Å². The lowest BCUT2D eigenvalue weighted by molar-refractivity contribution is -0.292. The first-order chi connectivity index (χ1) is 5.51. The second-order valence-corrected chi connectivity index (χ2v) is 2.90. The summed E-state index contributed by atoms with van der Waals surface area (Å²) >= 11 is 0. The molecule has 6 heteroatoms. The summed E-state index contributed by atoms with van der Waals surface area (Å²) in [6.45, 7) is -0.954. The van der Waals surface area contributed by atoms with Gasteiger partial charge in [-0.2, -0.15) is 0 Å². The Morgan fingerprint density at radius 2 is 2.08 bits per heavy atom. The molecule has 12 heavy (non-hydrogen) atoms. The lowest BCUT2D eigenvalue weighted by Gasteiger charge is -2.41. The van der Waals surface area contributed by atoms with Crippen molar-refractivity contribution in [1.82, 2.24) is 0 Å². The predicted octanol–water partition coefficient (Wildman–Crippen LogP) is -3.25. The third kappa shape index (κ3) is 1.45. The fourth-order valence-corrected chi connectivity index (χ4v) is 1.08. The Kier molecular flexibility index (Phi) is 2.67. The molecule has 0 aliphatic carbocycles. The highest BCUT2D eigenvalue weighted by atomic mass is 16.6. The molecule has 0 amide bonds. The highest BCUT2D eigenvalue weighted by molar-refractivity contribution is 4.94. The molecular weight excluding hydrogens is 166 g/mol. The molecule has 0 radical (unpaired) electrons. The lowest BCUT2D eigenvalue weighted by atomic mass is 9.95. The monoisotopic (exact) mass is 179 g/mol. The second-order valence-electron chi connectivity index (χ2n) is 2.90. The van der Waals surface area contributed by atoms with E-state index in [1.165, 1.54) is 0 Å². The van der Waals surface area contributed by atoms with Gasteiger partial charge in [0.05, 0.1) is 19.3 Å². The Labute approximate surface area is 69.2 Å². The van der Waals surface area contributed by atoms with E-state index in [1.807, 2.05) is 0 Å². The van der Waals surface area contributed by atoms with Crippen LogP contribution in [0.1, 0.15) is 0 Å². The zero-order chi connectivity index (χ0) is 9.35. The molecule has 0 bridgehead atoms. The minimum atomic E-state index is -1.95. The summed E-state index contributed by atoms with van der Waals surface area (Å²) in [5, 5.41) is 36.3. The molecule has 72 valence electrons. The van der Waals surface area contributed by atoms with Crippen LogP contribution in [0.3, 0.4) is 0 Å². The Bertz CT molecular complexity index is 166. The third-order valence-corrected chi connectivity index (χ3v) is 2.01. The van der Waals surface area contributed by atoms with Gasteiger partial charge in [0.25, 0.3) is 0 Å². The van der Waals surface area contributed by atoms with Gasteiger partial charge >= 0.3 is 0 Å². The Hall–Kier alpha value is -0.240. The van der Waals surface area contributed by atoms with Crippen molar-refractivity contribution in [3.8, 4) is 0 Å². The summed E-state index contributed by atoms with van der Waals surface area (Å²) in [4.78, 5) is 0. The van der Waals surface area contributed by atoms with Crippen LogP contribution in [0.25, 0.3) is 0 Å². The van der Waals surface area contributed by atoms with Gasteiger partial charge in [-0.05, 0) is 0 Å². The van der Waals surface area contributed by atoms with Gasteiger partial charge in [0.15, 0.2) is 0 Å². The van der Waals surface area contributed by atoms with Crippen LogP contribution in [-0.4, -0.2) is 57.7 Å². The van der Waals surface area contributed by atoms with Crippen LogP contribution in [0.2, 0.25) is 0 Å². The Morgan fingerprint density at radius 1 is 1.50 bits per heavy atom. The van der Waals surface area contributed by atoms with Crippen molar-refractivity contribution >= 4 is 0 Å². The van der Waals surface area contributed by atoms with Gasteiger partial charge in [0.2, 0.25) is 5.79 Å². The largest absolute Gasteiger partial charge is 0.391 e. The van der Waals surface area contributed by atoms with Crippen molar-refractivity contribution in [3.05, 3.63) is 0 Å². The molecule has 0 saturated carbocycles. The molecule has 0 aromatic carbocycles. The number of hydrogen-bond acceptors (Lipinski definition) is 6. The average molecular weight is 179 g/mol. The highest BCUT2D eigenvalue weighted by Gasteiger charge is 2.46. The Morgan fingerprint density at radius 3 is 2.58 bits per heavy atom. The lowest BCUT2D eigenvalue weighted by Crippen LogP contribution is -2.66. The molecule has 6 nitrogen and oxygen atoms in total. The zero-order valence-corrected chi connectivity index (χ0v) is 6.42. The Balaban J connectivity index is 2.71. The summed E-state index contributed by atoms with van der Waals surface area (Å²) < 4.78 is 4.68. The van der Waals surface area contributed by atoms with Crippen molar-refractivity contribution in [1.29, 1.82) is 0 Å². The highest BCUT2D eigenvalue weighted by Crippen LogP contribution is 2.21. The summed E-state index contributed by atoms with van der Waals surface area (Å²) in [5.74, 6) is -1.95. The molecule has 1 heterocycles. The molecule has 1 saturated heterocycles. The molecule has 0 spiro atoms. The van der Waals surface area contributed by atoms with Gasteiger partial charge in [0.1, 0.15) is 12.2 Å². The van der Waals surface area contributed by atoms with E-state index >= 15 is 0 Å². The second kappa shape index (κ2) is 3.25. The minimum absolute atomic E-state index is 0.244. The SMILES string of the molecule is N[C@H]1[C@H](O)[C@H](O)CO[C@]1(O)CO. The standard InChI is InChI=1S/C6H13NO5/c7-5-4(10)3(9)1-12-6(5,11)2-8/h3-5,8-11H,1-2,7H2/t3-,4-,5+,6-/m1/s1. The topological polar surface area (TPSA) is 116 Å². The van der Waals surface area contributed by atoms with Gasteiger partial charge in [-0.3, -0.25) is 0 Å². The van der Waals surface area contributed by atoms with Crippen LogP contribution in [-0.2, 0) is 4.74 Å². The molecule has 0 unspecified atom stereocenters. The van der Waals surface area contributed by atoms with Gasteiger partial charge in [-0.1, -0.05) is 0 Å². The quantitative estimate of drug-likeness (QED) is 0.288. The van der Waals surface area contributed by atoms with E-state index < -0.39 is 30.6 Å². The van der Waals surface area contributed by atoms with Gasteiger partial charge in [-0.25, -0.2) is 0 Å². The van der Waals surface area contributed by atoms with E-state index in [4.69, 9.17) is 15.9 Å². The first-order valence-corrected chi connectivity index (χ1v) is 3.60. The van der Waals surface area contributed by atoms with Crippen molar-refractivity contribution in [2.75, 3.05) is 13.2 Å². The maximum absolute atomic E-state index is 9.37. The summed E-state index contributed by atoms with van der Waals surface area (Å²) in [6.07, 6.45) is -2.40. The van der Waals surface area contributed by atoms with Crippen LogP contribution in [0.15, 0.2) is 0 Å². The zero-order valence-electron chi connectivity index (χ0n) is 6.42. The molecule has 4 atom stereocenters. The maximum atomic E-state index is 9.37. The molecular formula is C6H13NO5. The van der Waals surface area contributed by atoms with Crippen molar-refractivity contribution in [2.45, 2.75) is 24.0 Å². The number of hydrogen-bond donors (Lipinski definition) is 5. The normalized spacial score (nSPS) is 49.2. The van der Waals surface area contributed by atoms with Gasteiger partial charge in [-0.15, -0.1) is 0 Å². The van der Waals surface area contributed by atoms with E-state index in [-0.39, 0.29) is 6.61 Å². The van der Waals surface area contributed by atoms with Crippen LogP contribution in [0.4, 0.5) is 0 Å². The van der Waals surface area contributed by atoms with E-state index in [9.17, 15) is 10.2 Å². The predicted molar refractivity (Wildman–Crippen MR) is 38.0 cm³/mol. The van der Waals surface area contributed by atoms with Gasteiger partial charge < -0.3 is 30.9 Å². The average Bonchev–Trinajstić information content (AvgIpc) is 2.09. The van der Waals surface area contributed by atoms with E-state index in [0.717, 1.165) is 0 Å². The molecule has 6 N–H and O–H groups in total. The van der Waals surface area contributed by atoms with Crippen molar-refractivity contribution < 1.29 is 25.2 Å². The van der Waals surface area contributed by atoms with E-state index in [2.05, 4.69) is 4.74 Å². The fraction of sp³-hybridized carbons (Fsp3) is 1.00. The number of ether oxygens (including phenoxy) is 1. The smallest absolute Gasteiger partial charge is 0.207 e. The molecule has 0 aromatic rings. The van der Waals surface area contributed by atoms with Crippen LogP contribution >= 0.6 is 0 Å². The molecule has 1 fully saturated rings. The van der Waals surface area contributed by atoms with Crippen LogP contribution < -0.4 is 5.73 Å². The summed E-state index contributed by atoms with van der Waals surface area (Å²) in [5.41, 5.74) is 5.31. The van der Waals surface area contributed by atoms with Gasteiger partial charge in [0, 0.05) is 0 Å². The van der Waals surface area contributed by atoms with Crippen molar-refractivity contribution in [2.24, 2.45) is 5.73 Å². The third-order valence-electron chi connectivity index (χ3n) is 2.01. The number of aliphatic hydroxyl groups is 4. The summed E-state index contributed by atoms with van der Waals surface area (Å²) in [7, 11) is 0. The van der Waals surface area contributed by atoms with E-state index in [0.29, 0.717) is 0 Å². The number of aliphatic hydroxyl groups excluding tert-OH is 3. The number of nitrogens with two attached hydrogens (primary N) is 1. The number of rotatable bonds is 1.